The number of alkyl halides is 2. The highest BCUT2D eigenvalue weighted by Gasteiger charge is 2.46. The van der Waals surface area contributed by atoms with Crippen molar-refractivity contribution >= 4 is 11.3 Å². The molecule has 0 aliphatic heterocycles. The number of thiazole rings is 1. The lowest BCUT2D eigenvalue weighted by atomic mass is 10.3. The molecule has 1 aromatic rings. The van der Waals surface area contributed by atoms with Crippen LogP contribution >= 0.6 is 11.3 Å². The Morgan fingerprint density at radius 1 is 1.50 bits per heavy atom. The van der Waals surface area contributed by atoms with E-state index in [0.717, 1.165) is 18.3 Å². The van der Waals surface area contributed by atoms with Crippen LogP contribution in [0.2, 0.25) is 0 Å². The van der Waals surface area contributed by atoms with Gasteiger partial charge in [-0.2, -0.15) is 0 Å². The molecule has 1 N–H and O–H groups in total. The van der Waals surface area contributed by atoms with Gasteiger partial charge in [0.2, 0.25) is 0 Å². The Labute approximate surface area is 84.6 Å². The first-order valence-electron chi connectivity index (χ1n) is 4.41. The third kappa shape index (κ3) is 1.54. The average molecular weight is 219 g/mol. The minimum absolute atomic E-state index is 0.0344. The Balaban J connectivity index is 2.40. The summed E-state index contributed by atoms with van der Waals surface area (Å²) in [6.07, 6.45) is 1.27. The fraction of sp³-hybridized carbons (Fsp3) is 0.667. The van der Waals surface area contributed by atoms with Gasteiger partial charge in [-0.15, -0.1) is 11.3 Å². The minimum Gasteiger partial charge on any atom is -0.383 e. The molecule has 0 saturated heterocycles. The topological polar surface area (TPSA) is 33.1 Å². The maximum atomic E-state index is 13.0. The Kier molecular flexibility index (Phi) is 1.95. The third-order valence-corrected chi connectivity index (χ3v) is 3.84. The summed E-state index contributed by atoms with van der Waals surface area (Å²) in [6.45, 7) is 2.41. The van der Waals surface area contributed by atoms with Crippen molar-refractivity contribution in [3.63, 3.8) is 0 Å². The summed E-state index contributed by atoms with van der Waals surface area (Å²) in [4.78, 5) is 3.96. The molecule has 1 aliphatic rings. The summed E-state index contributed by atoms with van der Waals surface area (Å²) in [5.74, 6) is -2.86. The van der Waals surface area contributed by atoms with Gasteiger partial charge in [0.25, 0.3) is 5.92 Å². The zero-order valence-electron chi connectivity index (χ0n) is 7.97. The van der Waals surface area contributed by atoms with Crippen molar-refractivity contribution in [1.82, 2.24) is 4.98 Å². The number of aryl methyl sites for hydroxylation is 1. The van der Waals surface area contributed by atoms with Crippen molar-refractivity contribution < 1.29 is 13.9 Å². The summed E-state index contributed by atoms with van der Waals surface area (Å²) in [6, 6.07) is 0. The fourth-order valence-corrected chi connectivity index (χ4v) is 2.48. The maximum Gasteiger partial charge on any atom is 0.281 e. The van der Waals surface area contributed by atoms with Crippen LogP contribution in [0.15, 0.2) is 0 Å². The maximum absolute atomic E-state index is 13.0. The molecular formula is C9H11F2NOS. The van der Waals surface area contributed by atoms with Gasteiger partial charge in [-0.25, -0.2) is 13.8 Å². The van der Waals surface area contributed by atoms with Crippen molar-refractivity contribution in [2.24, 2.45) is 0 Å². The highest BCUT2D eigenvalue weighted by Crippen LogP contribution is 2.48. The number of aliphatic hydroxyl groups is 1. The summed E-state index contributed by atoms with van der Waals surface area (Å²) >= 11 is 0.925. The number of rotatable bonds is 2. The van der Waals surface area contributed by atoms with Gasteiger partial charge in [0.05, 0.1) is 10.6 Å². The van der Waals surface area contributed by atoms with E-state index in [4.69, 9.17) is 0 Å². The minimum atomic E-state index is -2.86. The first-order chi connectivity index (χ1) is 6.33. The molecule has 0 aromatic carbocycles. The molecule has 2 rings (SSSR count). The highest BCUT2D eigenvalue weighted by atomic mass is 32.1. The zero-order chi connectivity index (χ0) is 10.6. The number of hydrogen-bond donors (Lipinski definition) is 1. The molecule has 1 aliphatic carbocycles. The van der Waals surface area contributed by atoms with Crippen molar-refractivity contribution in [1.29, 1.82) is 0 Å². The molecule has 0 spiro atoms. The summed E-state index contributed by atoms with van der Waals surface area (Å²) < 4.78 is 26.1. The molecule has 0 bridgehead atoms. The van der Waals surface area contributed by atoms with Gasteiger partial charge < -0.3 is 5.11 Å². The van der Waals surface area contributed by atoms with E-state index in [1.165, 1.54) is 0 Å². The van der Waals surface area contributed by atoms with Gasteiger partial charge >= 0.3 is 0 Å². The van der Waals surface area contributed by atoms with Crippen LogP contribution in [0.25, 0.3) is 0 Å². The molecule has 0 atom stereocenters. The lowest BCUT2D eigenvalue weighted by molar-refractivity contribution is 0.0206. The Hall–Kier alpha value is -0.550. The van der Waals surface area contributed by atoms with E-state index in [0.29, 0.717) is 23.5 Å². The average Bonchev–Trinajstić information content (AvgIpc) is 2.61. The van der Waals surface area contributed by atoms with Crippen LogP contribution in [-0.4, -0.2) is 10.1 Å². The molecule has 1 aromatic heterocycles. The second kappa shape index (κ2) is 2.73. The SMILES string of the molecule is Cc1nc(C2(O)CC2)sc1C(C)(F)F. The predicted octanol–water partition coefficient (Wildman–Crippen LogP) is 2.54. The first-order valence-corrected chi connectivity index (χ1v) is 5.23. The van der Waals surface area contributed by atoms with E-state index in [1.807, 2.05) is 0 Å². The standard InChI is InChI=1S/C9H11F2NOS/c1-5-6(8(2,10)11)14-7(12-5)9(13)3-4-9/h13H,3-4H2,1-2H3. The van der Waals surface area contributed by atoms with E-state index in [-0.39, 0.29) is 4.88 Å². The molecule has 78 valence electrons. The normalized spacial score (nSPS) is 19.8. The van der Waals surface area contributed by atoms with Crippen molar-refractivity contribution in [2.75, 3.05) is 0 Å². The van der Waals surface area contributed by atoms with Crippen LogP contribution in [0.5, 0.6) is 0 Å². The molecule has 14 heavy (non-hydrogen) atoms. The van der Waals surface area contributed by atoms with E-state index < -0.39 is 11.5 Å². The van der Waals surface area contributed by atoms with Crippen molar-refractivity contribution in [3.05, 3.63) is 15.6 Å². The molecule has 1 saturated carbocycles. The second-order valence-corrected chi connectivity index (χ2v) is 4.85. The van der Waals surface area contributed by atoms with Gasteiger partial charge in [-0.3, -0.25) is 0 Å². The van der Waals surface area contributed by atoms with Gasteiger partial charge in [-0.1, -0.05) is 0 Å². The Morgan fingerprint density at radius 2 is 2.07 bits per heavy atom. The van der Waals surface area contributed by atoms with Crippen LogP contribution in [0.4, 0.5) is 8.78 Å². The lowest BCUT2D eigenvalue weighted by Crippen LogP contribution is -2.05. The molecule has 0 unspecified atom stereocenters. The lowest BCUT2D eigenvalue weighted by Gasteiger charge is -2.07. The highest BCUT2D eigenvalue weighted by molar-refractivity contribution is 7.12. The first kappa shape index (κ1) is 9.98. The smallest absolute Gasteiger partial charge is 0.281 e. The Bertz CT molecular complexity index is 365. The molecule has 0 amide bonds. The Morgan fingerprint density at radius 3 is 2.43 bits per heavy atom. The van der Waals surface area contributed by atoms with Crippen LogP contribution in [0.3, 0.4) is 0 Å². The van der Waals surface area contributed by atoms with E-state index in [2.05, 4.69) is 4.98 Å². The van der Waals surface area contributed by atoms with Crippen molar-refractivity contribution in [2.45, 2.75) is 38.2 Å². The van der Waals surface area contributed by atoms with Gasteiger partial charge in [0.15, 0.2) is 0 Å². The third-order valence-electron chi connectivity index (χ3n) is 2.32. The largest absolute Gasteiger partial charge is 0.383 e. The van der Waals surface area contributed by atoms with E-state index in [9.17, 15) is 13.9 Å². The van der Waals surface area contributed by atoms with Crippen LogP contribution in [0.1, 0.15) is 35.3 Å². The molecular weight excluding hydrogens is 208 g/mol. The quantitative estimate of drug-likeness (QED) is 0.829. The van der Waals surface area contributed by atoms with Gasteiger partial charge in [-0.05, 0) is 19.8 Å². The molecule has 0 radical (unpaired) electrons. The number of hydrogen-bond acceptors (Lipinski definition) is 3. The molecule has 1 heterocycles. The molecule has 2 nitrogen and oxygen atoms in total. The van der Waals surface area contributed by atoms with Crippen LogP contribution in [0, 0.1) is 6.92 Å². The van der Waals surface area contributed by atoms with Crippen LogP contribution in [-0.2, 0) is 11.5 Å². The monoisotopic (exact) mass is 219 g/mol. The fourth-order valence-electron chi connectivity index (χ4n) is 1.34. The number of halogens is 2. The summed E-state index contributed by atoms with van der Waals surface area (Å²) in [5, 5.41) is 10.1. The molecule has 5 heteroatoms. The molecule has 1 fully saturated rings. The number of nitrogens with zero attached hydrogens (tertiary/aromatic N) is 1. The van der Waals surface area contributed by atoms with Gasteiger partial charge in [0, 0.05) is 6.92 Å². The predicted molar refractivity (Wildman–Crippen MR) is 49.5 cm³/mol. The van der Waals surface area contributed by atoms with E-state index in [1.54, 1.807) is 6.92 Å². The van der Waals surface area contributed by atoms with Crippen molar-refractivity contribution in [3.8, 4) is 0 Å². The second-order valence-electron chi connectivity index (χ2n) is 3.85. The summed E-state index contributed by atoms with van der Waals surface area (Å²) in [7, 11) is 0. The van der Waals surface area contributed by atoms with Gasteiger partial charge in [0.1, 0.15) is 10.6 Å². The summed E-state index contributed by atoms with van der Waals surface area (Å²) in [5.41, 5.74) is -0.573. The van der Waals surface area contributed by atoms with E-state index >= 15 is 0 Å². The van der Waals surface area contributed by atoms with Crippen LogP contribution < -0.4 is 0 Å². The zero-order valence-corrected chi connectivity index (χ0v) is 8.79. The number of aromatic nitrogens is 1.